The Morgan fingerprint density at radius 2 is 1.94 bits per heavy atom. The van der Waals surface area contributed by atoms with Crippen molar-refractivity contribution in [3.8, 4) is 0 Å². The van der Waals surface area contributed by atoms with E-state index in [0.717, 1.165) is 24.4 Å². The third-order valence-electron chi connectivity index (χ3n) is 2.42. The van der Waals surface area contributed by atoms with Crippen LogP contribution in [0.5, 0.6) is 0 Å². The van der Waals surface area contributed by atoms with Crippen LogP contribution in [0.25, 0.3) is 0 Å². The first-order valence-corrected chi connectivity index (χ1v) is 5.75. The molecule has 0 aliphatic heterocycles. The van der Waals surface area contributed by atoms with Gasteiger partial charge in [-0.1, -0.05) is 42.5 Å². The highest BCUT2D eigenvalue weighted by molar-refractivity contribution is 7.71. The van der Waals surface area contributed by atoms with Crippen molar-refractivity contribution in [1.82, 2.24) is 9.97 Å². The van der Waals surface area contributed by atoms with Crippen molar-refractivity contribution in [3.05, 3.63) is 58.1 Å². The predicted molar refractivity (Wildman–Crippen MR) is 68.0 cm³/mol. The molecule has 0 fully saturated rings. The van der Waals surface area contributed by atoms with Gasteiger partial charge in [0.1, 0.15) is 10.5 Å². The molecule has 1 aromatic heterocycles. The molecule has 16 heavy (non-hydrogen) atoms. The van der Waals surface area contributed by atoms with Crippen molar-refractivity contribution in [3.63, 3.8) is 0 Å². The molecule has 2 rings (SSSR count). The van der Waals surface area contributed by atoms with Crippen LogP contribution in [0.15, 0.2) is 36.4 Å². The zero-order valence-corrected chi connectivity index (χ0v) is 10.1. The van der Waals surface area contributed by atoms with Gasteiger partial charge in [0.05, 0.1) is 0 Å². The average molecular weight is 230 g/mol. The molecule has 0 aliphatic rings. The first-order valence-electron chi connectivity index (χ1n) is 5.35. The Morgan fingerprint density at radius 1 is 1.19 bits per heavy atom. The lowest BCUT2D eigenvalue weighted by Crippen LogP contribution is -1.99. The summed E-state index contributed by atoms with van der Waals surface area (Å²) in [6.45, 7) is 2.00. The van der Waals surface area contributed by atoms with Crippen molar-refractivity contribution >= 4 is 12.2 Å². The number of hydrogen-bond donors (Lipinski definition) is 1. The Morgan fingerprint density at radius 3 is 2.62 bits per heavy atom. The second kappa shape index (κ2) is 5.03. The number of aromatic amines is 1. The van der Waals surface area contributed by atoms with Gasteiger partial charge in [0.2, 0.25) is 0 Å². The van der Waals surface area contributed by atoms with E-state index in [2.05, 4.69) is 34.2 Å². The SMILES string of the molecule is Cc1cc(=S)nc(CCc2ccccc2)[nH]1. The molecule has 1 aromatic carbocycles. The summed E-state index contributed by atoms with van der Waals surface area (Å²) in [5, 5.41) is 0. The summed E-state index contributed by atoms with van der Waals surface area (Å²) in [4.78, 5) is 7.55. The molecule has 82 valence electrons. The van der Waals surface area contributed by atoms with Crippen molar-refractivity contribution in [2.45, 2.75) is 19.8 Å². The van der Waals surface area contributed by atoms with Crippen LogP contribution in [-0.2, 0) is 12.8 Å². The Balaban J connectivity index is 2.08. The lowest BCUT2D eigenvalue weighted by molar-refractivity contribution is 0.842. The number of rotatable bonds is 3. The Kier molecular flexibility index (Phi) is 3.47. The molecule has 0 bridgehead atoms. The molecule has 1 N–H and O–H groups in total. The molecule has 0 amide bonds. The van der Waals surface area contributed by atoms with Gasteiger partial charge in [-0.05, 0) is 25.0 Å². The molecule has 3 heteroatoms. The minimum atomic E-state index is 0.666. The maximum absolute atomic E-state index is 5.09. The summed E-state index contributed by atoms with van der Waals surface area (Å²) in [6.07, 6.45) is 1.89. The second-order valence-corrected chi connectivity index (χ2v) is 4.25. The largest absolute Gasteiger partial charge is 0.347 e. The van der Waals surface area contributed by atoms with E-state index in [9.17, 15) is 0 Å². The Labute approximate surface area is 100 Å². The normalized spacial score (nSPS) is 10.3. The number of aryl methyl sites for hydroxylation is 3. The molecule has 0 unspecified atom stereocenters. The monoisotopic (exact) mass is 230 g/mol. The number of nitrogens with one attached hydrogen (secondary N) is 1. The zero-order chi connectivity index (χ0) is 11.4. The lowest BCUT2D eigenvalue weighted by atomic mass is 10.1. The first-order chi connectivity index (χ1) is 7.74. The van der Waals surface area contributed by atoms with E-state index < -0.39 is 0 Å². The number of aromatic nitrogens is 2. The maximum Gasteiger partial charge on any atom is 0.129 e. The van der Waals surface area contributed by atoms with Crippen LogP contribution in [0.2, 0.25) is 0 Å². The van der Waals surface area contributed by atoms with Crippen molar-refractivity contribution < 1.29 is 0 Å². The fraction of sp³-hybridized carbons (Fsp3) is 0.231. The van der Waals surface area contributed by atoms with Gasteiger partial charge in [-0.25, -0.2) is 4.98 Å². The smallest absolute Gasteiger partial charge is 0.129 e. The van der Waals surface area contributed by atoms with E-state index in [4.69, 9.17) is 12.2 Å². The van der Waals surface area contributed by atoms with Gasteiger partial charge in [0.25, 0.3) is 0 Å². The summed E-state index contributed by atoms with van der Waals surface area (Å²) in [7, 11) is 0. The third kappa shape index (κ3) is 3.00. The van der Waals surface area contributed by atoms with E-state index >= 15 is 0 Å². The first kappa shape index (κ1) is 11.0. The predicted octanol–water partition coefficient (Wildman–Crippen LogP) is 3.23. The number of hydrogen-bond acceptors (Lipinski definition) is 2. The summed E-state index contributed by atoms with van der Waals surface area (Å²) in [5.74, 6) is 0.967. The van der Waals surface area contributed by atoms with E-state index in [1.165, 1.54) is 5.56 Å². The lowest BCUT2D eigenvalue weighted by Gasteiger charge is -2.03. The van der Waals surface area contributed by atoms with E-state index in [1.807, 2.05) is 19.1 Å². The molecule has 0 radical (unpaired) electrons. The molecule has 0 saturated carbocycles. The fourth-order valence-corrected chi connectivity index (χ4v) is 1.95. The van der Waals surface area contributed by atoms with Crippen LogP contribution in [0.1, 0.15) is 17.1 Å². The van der Waals surface area contributed by atoms with Crippen LogP contribution >= 0.6 is 12.2 Å². The van der Waals surface area contributed by atoms with Gasteiger partial charge < -0.3 is 4.98 Å². The molecule has 0 saturated heterocycles. The molecule has 1 heterocycles. The van der Waals surface area contributed by atoms with Crippen LogP contribution in [0.4, 0.5) is 0 Å². The van der Waals surface area contributed by atoms with E-state index in [-0.39, 0.29) is 0 Å². The van der Waals surface area contributed by atoms with Gasteiger partial charge in [-0.3, -0.25) is 0 Å². The van der Waals surface area contributed by atoms with E-state index in [0.29, 0.717) is 4.64 Å². The van der Waals surface area contributed by atoms with Crippen molar-refractivity contribution in [2.24, 2.45) is 0 Å². The van der Waals surface area contributed by atoms with Gasteiger partial charge >= 0.3 is 0 Å². The molecule has 2 nitrogen and oxygen atoms in total. The maximum atomic E-state index is 5.09. The summed E-state index contributed by atoms with van der Waals surface area (Å²) in [6, 6.07) is 12.3. The van der Waals surface area contributed by atoms with Gasteiger partial charge in [-0.2, -0.15) is 0 Å². The quantitative estimate of drug-likeness (QED) is 0.820. The topological polar surface area (TPSA) is 28.7 Å². The molecule has 2 aromatic rings. The molecule has 0 spiro atoms. The summed E-state index contributed by atoms with van der Waals surface area (Å²) >= 11 is 5.09. The highest BCUT2D eigenvalue weighted by Crippen LogP contribution is 2.04. The van der Waals surface area contributed by atoms with Crippen LogP contribution < -0.4 is 0 Å². The van der Waals surface area contributed by atoms with E-state index in [1.54, 1.807) is 0 Å². The minimum absolute atomic E-state index is 0.666. The van der Waals surface area contributed by atoms with Crippen molar-refractivity contribution in [1.29, 1.82) is 0 Å². The molecule has 0 aliphatic carbocycles. The summed E-state index contributed by atoms with van der Waals surface area (Å²) < 4.78 is 0.666. The number of H-pyrrole nitrogens is 1. The highest BCUT2D eigenvalue weighted by Gasteiger charge is 1.98. The fourth-order valence-electron chi connectivity index (χ4n) is 1.67. The zero-order valence-electron chi connectivity index (χ0n) is 9.23. The van der Waals surface area contributed by atoms with Crippen LogP contribution in [-0.4, -0.2) is 9.97 Å². The second-order valence-electron chi connectivity index (χ2n) is 3.83. The third-order valence-corrected chi connectivity index (χ3v) is 2.63. The average Bonchev–Trinajstić information content (AvgIpc) is 2.27. The standard InChI is InChI=1S/C13H14N2S/c1-10-9-13(16)15-12(14-10)8-7-11-5-3-2-4-6-11/h2-6,9H,7-8H2,1H3,(H,14,15,16). The molecule has 0 atom stereocenters. The van der Waals surface area contributed by atoms with Crippen LogP contribution in [0.3, 0.4) is 0 Å². The number of nitrogens with zero attached hydrogens (tertiary/aromatic N) is 1. The molecular formula is C13H14N2S. The van der Waals surface area contributed by atoms with Gasteiger partial charge in [0.15, 0.2) is 0 Å². The Bertz CT molecular complexity index is 517. The highest BCUT2D eigenvalue weighted by atomic mass is 32.1. The summed E-state index contributed by atoms with van der Waals surface area (Å²) in [5.41, 5.74) is 2.40. The van der Waals surface area contributed by atoms with Crippen LogP contribution in [0, 0.1) is 11.6 Å². The Hall–Kier alpha value is -1.48. The van der Waals surface area contributed by atoms with Crippen molar-refractivity contribution in [2.75, 3.05) is 0 Å². The van der Waals surface area contributed by atoms with Gasteiger partial charge in [-0.15, -0.1) is 0 Å². The number of benzene rings is 1. The minimum Gasteiger partial charge on any atom is -0.347 e. The molecular weight excluding hydrogens is 216 g/mol. The van der Waals surface area contributed by atoms with Gasteiger partial charge in [0, 0.05) is 12.1 Å².